The van der Waals surface area contributed by atoms with Gasteiger partial charge in [-0.15, -0.1) is 0 Å². The quantitative estimate of drug-likeness (QED) is 0.363. The third-order valence-corrected chi connectivity index (χ3v) is 5.23. The first-order chi connectivity index (χ1) is 15.1. The summed E-state index contributed by atoms with van der Waals surface area (Å²) in [7, 11) is 0. The van der Waals surface area contributed by atoms with Gasteiger partial charge < -0.3 is 9.68 Å². The van der Waals surface area contributed by atoms with Gasteiger partial charge in [0, 0.05) is 0 Å². The number of rotatable bonds is 6. The molecular weight excluding hydrogens is 396 g/mol. The Morgan fingerprint density at radius 1 is 0.625 bits per heavy atom. The van der Waals surface area contributed by atoms with Crippen LogP contribution >= 0.6 is 0 Å². The average molecular weight is 431 g/mol. The third kappa shape index (κ3) is 6.43. The second kappa shape index (κ2) is 9.99. The van der Waals surface area contributed by atoms with Crippen molar-refractivity contribution in [2.24, 2.45) is 21.1 Å². The van der Waals surface area contributed by atoms with Crippen molar-refractivity contribution in [3.05, 3.63) is 95.1 Å². The minimum absolute atomic E-state index is 0.0346. The van der Waals surface area contributed by atoms with E-state index in [4.69, 9.17) is 9.68 Å². The van der Waals surface area contributed by atoms with Gasteiger partial charge in [0.05, 0.1) is 0 Å². The third-order valence-electron chi connectivity index (χ3n) is 5.23. The molecule has 32 heavy (non-hydrogen) atoms. The predicted octanol–water partition coefficient (Wildman–Crippen LogP) is 7.09. The molecule has 0 atom stereocenters. The molecule has 0 saturated heterocycles. The van der Waals surface area contributed by atoms with Crippen molar-refractivity contribution >= 4 is 11.4 Å². The summed E-state index contributed by atoms with van der Waals surface area (Å²) in [4.78, 5) is 11.5. The molecule has 0 aromatic heterocycles. The molecule has 3 rings (SSSR count). The van der Waals surface area contributed by atoms with Crippen LogP contribution in [0.15, 0.2) is 94.3 Å². The van der Waals surface area contributed by atoms with Gasteiger partial charge in [-0.05, 0) is 39.2 Å². The SMILES string of the molecule is CC(C)(C)C1=CC(=NOCc2ccccc2)C(=NOCc2ccccc2)C(C(C)(C)C)=C1. The summed E-state index contributed by atoms with van der Waals surface area (Å²) in [5.74, 6) is 0. The molecule has 0 spiro atoms. The van der Waals surface area contributed by atoms with Crippen molar-refractivity contribution in [1.82, 2.24) is 0 Å². The molecule has 0 saturated carbocycles. The van der Waals surface area contributed by atoms with Crippen LogP contribution in [0.3, 0.4) is 0 Å². The standard InChI is InChI=1S/C28H34N2O2/c1-27(2,3)23-17-24(28(4,5)6)26(30-32-20-22-15-11-8-12-16-22)25(18-23)29-31-19-21-13-9-7-10-14-21/h7-18H,19-20H2,1-6H3. The molecule has 2 aromatic rings. The van der Waals surface area contributed by atoms with Crippen molar-refractivity contribution in [3.8, 4) is 0 Å². The fourth-order valence-corrected chi connectivity index (χ4v) is 3.29. The van der Waals surface area contributed by atoms with Crippen LogP contribution in [0.4, 0.5) is 0 Å². The van der Waals surface area contributed by atoms with Crippen LogP contribution in [-0.4, -0.2) is 11.4 Å². The molecule has 4 heteroatoms. The van der Waals surface area contributed by atoms with Crippen LogP contribution in [0.25, 0.3) is 0 Å². The van der Waals surface area contributed by atoms with Gasteiger partial charge in [-0.25, -0.2) is 0 Å². The average Bonchev–Trinajstić information content (AvgIpc) is 2.74. The molecule has 0 radical (unpaired) electrons. The second-order valence-corrected chi connectivity index (χ2v) is 10.1. The Hall–Kier alpha value is -3.14. The summed E-state index contributed by atoms with van der Waals surface area (Å²) >= 11 is 0. The van der Waals surface area contributed by atoms with E-state index in [0.717, 1.165) is 22.4 Å². The molecule has 4 nitrogen and oxygen atoms in total. The van der Waals surface area contributed by atoms with Gasteiger partial charge in [0.15, 0.2) is 0 Å². The van der Waals surface area contributed by atoms with Crippen LogP contribution < -0.4 is 0 Å². The number of allylic oxidation sites excluding steroid dienone is 4. The molecule has 168 valence electrons. The van der Waals surface area contributed by atoms with Crippen LogP contribution in [0.5, 0.6) is 0 Å². The maximum absolute atomic E-state index is 5.78. The molecule has 0 N–H and O–H groups in total. The molecule has 1 aliphatic carbocycles. The van der Waals surface area contributed by atoms with Crippen molar-refractivity contribution in [2.75, 3.05) is 0 Å². The van der Waals surface area contributed by atoms with Gasteiger partial charge >= 0.3 is 0 Å². The highest BCUT2D eigenvalue weighted by molar-refractivity contribution is 6.53. The maximum atomic E-state index is 5.78. The summed E-state index contributed by atoms with van der Waals surface area (Å²) in [5, 5.41) is 9.04. The van der Waals surface area contributed by atoms with Crippen LogP contribution in [0.2, 0.25) is 0 Å². The first-order valence-corrected chi connectivity index (χ1v) is 11.1. The fourth-order valence-electron chi connectivity index (χ4n) is 3.29. The highest BCUT2D eigenvalue weighted by Crippen LogP contribution is 2.36. The zero-order valence-corrected chi connectivity index (χ0v) is 20.1. The highest BCUT2D eigenvalue weighted by atomic mass is 16.6. The largest absolute Gasteiger partial charge is 0.390 e. The summed E-state index contributed by atoms with van der Waals surface area (Å²) in [6.07, 6.45) is 4.28. The minimum Gasteiger partial charge on any atom is -0.390 e. The summed E-state index contributed by atoms with van der Waals surface area (Å²) in [6.45, 7) is 13.9. The lowest BCUT2D eigenvalue weighted by Crippen LogP contribution is -2.30. The minimum atomic E-state index is -0.139. The summed E-state index contributed by atoms with van der Waals surface area (Å²) in [5.41, 5.74) is 5.64. The number of oxime groups is 2. The Kier molecular flexibility index (Phi) is 7.34. The highest BCUT2D eigenvalue weighted by Gasteiger charge is 2.32. The maximum Gasteiger partial charge on any atom is 0.142 e. The van der Waals surface area contributed by atoms with Crippen molar-refractivity contribution in [3.63, 3.8) is 0 Å². The van der Waals surface area contributed by atoms with E-state index in [2.05, 4.69) is 64.0 Å². The summed E-state index contributed by atoms with van der Waals surface area (Å²) < 4.78 is 0. The van der Waals surface area contributed by atoms with Crippen LogP contribution in [0, 0.1) is 10.8 Å². The van der Waals surface area contributed by atoms with E-state index in [-0.39, 0.29) is 10.8 Å². The molecule has 0 bridgehead atoms. The topological polar surface area (TPSA) is 43.2 Å². The van der Waals surface area contributed by atoms with E-state index in [1.54, 1.807) is 0 Å². The van der Waals surface area contributed by atoms with E-state index >= 15 is 0 Å². The van der Waals surface area contributed by atoms with Gasteiger partial charge in [-0.3, -0.25) is 0 Å². The Labute approximate surface area is 192 Å². The van der Waals surface area contributed by atoms with Gasteiger partial charge in [-0.2, -0.15) is 0 Å². The number of benzene rings is 2. The Morgan fingerprint density at radius 2 is 1.12 bits per heavy atom. The zero-order valence-electron chi connectivity index (χ0n) is 20.1. The second-order valence-electron chi connectivity index (χ2n) is 10.1. The molecule has 0 aliphatic heterocycles. The molecule has 0 heterocycles. The van der Waals surface area contributed by atoms with Crippen molar-refractivity contribution in [2.45, 2.75) is 54.8 Å². The molecule has 1 aliphatic rings. The van der Waals surface area contributed by atoms with E-state index in [1.807, 2.05) is 60.7 Å². The van der Waals surface area contributed by atoms with Crippen molar-refractivity contribution < 1.29 is 9.68 Å². The predicted molar refractivity (Wildman–Crippen MR) is 132 cm³/mol. The Balaban J connectivity index is 1.93. The molecular formula is C28H34N2O2. The smallest absolute Gasteiger partial charge is 0.142 e. The zero-order chi connectivity index (χ0) is 23.2. The van der Waals surface area contributed by atoms with Gasteiger partial charge in [0.25, 0.3) is 0 Å². The Bertz CT molecular complexity index is 1020. The number of nitrogens with zero attached hydrogens (tertiary/aromatic N) is 2. The first kappa shape index (κ1) is 23.5. The van der Waals surface area contributed by atoms with Gasteiger partial charge in [0.2, 0.25) is 0 Å². The number of hydrogen-bond donors (Lipinski definition) is 0. The number of hydrogen-bond acceptors (Lipinski definition) is 4. The lowest BCUT2D eigenvalue weighted by atomic mass is 9.74. The summed E-state index contributed by atoms with van der Waals surface area (Å²) in [6, 6.07) is 20.1. The normalized spacial score (nSPS) is 17.2. The van der Waals surface area contributed by atoms with E-state index < -0.39 is 0 Å². The lowest BCUT2D eigenvalue weighted by molar-refractivity contribution is 0.127. The monoisotopic (exact) mass is 430 g/mol. The van der Waals surface area contributed by atoms with Gasteiger partial charge in [0.1, 0.15) is 24.6 Å². The molecule has 0 unspecified atom stereocenters. The van der Waals surface area contributed by atoms with Gasteiger partial charge in [-0.1, -0.05) is 119 Å². The lowest BCUT2D eigenvalue weighted by Gasteiger charge is -2.31. The molecule has 2 aromatic carbocycles. The van der Waals surface area contributed by atoms with E-state index in [1.165, 1.54) is 5.57 Å². The fraction of sp³-hybridized carbons (Fsp3) is 0.357. The molecule has 0 fully saturated rings. The van der Waals surface area contributed by atoms with Crippen molar-refractivity contribution in [1.29, 1.82) is 0 Å². The van der Waals surface area contributed by atoms with Crippen LogP contribution in [-0.2, 0) is 22.9 Å². The Morgan fingerprint density at radius 3 is 1.59 bits per heavy atom. The first-order valence-electron chi connectivity index (χ1n) is 11.1. The van der Waals surface area contributed by atoms with E-state index in [9.17, 15) is 0 Å². The van der Waals surface area contributed by atoms with E-state index in [0.29, 0.717) is 18.9 Å². The van der Waals surface area contributed by atoms with Crippen LogP contribution in [0.1, 0.15) is 52.7 Å². The molecule has 0 amide bonds.